The molecule has 3 rings (SSSR count). The maximum atomic E-state index is 12.7. The fraction of sp³-hybridized carbons (Fsp3) is 0.316. The molecule has 0 spiro atoms. The molecule has 0 aliphatic rings. The molecule has 0 aliphatic carbocycles. The minimum absolute atomic E-state index is 0.153. The average molecular weight is 379 g/mol. The van der Waals surface area contributed by atoms with E-state index >= 15 is 0 Å². The van der Waals surface area contributed by atoms with Crippen molar-refractivity contribution in [1.29, 1.82) is 5.26 Å². The zero-order valence-electron chi connectivity index (χ0n) is 16.4. The number of nitriles is 1. The summed E-state index contributed by atoms with van der Waals surface area (Å²) in [5, 5.41) is 27.5. The van der Waals surface area contributed by atoms with Crippen molar-refractivity contribution in [3.05, 3.63) is 51.6 Å². The lowest BCUT2D eigenvalue weighted by molar-refractivity contribution is 0.414. The van der Waals surface area contributed by atoms with Crippen LogP contribution in [0.3, 0.4) is 0 Å². The number of rotatable bonds is 4. The second kappa shape index (κ2) is 7.15. The summed E-state index contributed by atoms with van der Waals surface area (Å²) in [5.74, 6) is 0.848. The number of hydrogen-bond donors (Lipinski definition) is 2. The van der Waals surface area contributed by atoms with E-state index < -0.39 is 0 Å². The van der Waals surface area contributed by atoms with Gasteiger partial charge in [-0.25, -0.2) is 4.68 Å². The molecule has 9 nitrogen and oxygen atoms in total. The summed E-state index contributed by atoms with van der Waals surface area (Å²) >= 11 is 0. The summed E-state index contributed by atoms with van der Waals surface area (Å²) in [6.07, 6.45) is 0. The molecule has 0 saturated heterocycles. The lowest BCUT2D eigenvalue weighted by atomic mass is 9.90. The van der Waals surface area contributed by atoms with Gasteiger partial charge < -0.3 is 4.74 Å². The minimum atomic E-state index is -0.350. The number of nitrogens with zero attached hydrogens (tertiary/aromatic N) is 5. The fourth-order valence-corrected chi connectivity index (χ4v) is 2.72. The van der Waals surface area contributed by atoms with E-state index in [9.17, 15) is 10.1 Å². The van der Waals surface area contributed by atoms with Crippen LogP contribution in [0.15, 0.2) is 39.3 Å². The summed E-state index contributed by atoms with van der Waals surface area (Å²) in [6, 6.07) is 9.14. The van der Waals surface area contributed by atoms with Crippen LogP contribution in [0.5, 0.6) is 5.75 Å². The van der Waals surface area contributed by atoms with Crippen LogP contribution >= 0.6 is 0 Å². The van der Waals surface area contributed by atoms with Crippen molar-refractivity contribution >= 4 is 11.5 Å². The Balaban J connectivity index is 1.98. The molecule has 28 heavy (non-hydrogen) atoms. The molecule has 0 bridgehead atoms. The van der Waals surface area contributed by atoms with Crippen LogP contribution in [-0.4, -0.2) is 27.1 Å². The van der Waals surface area contributed by atoms with Crippen LogP contribution in [0.25, 0.3) is 5.69 Å². The smallest absolute Gasteiger partial charge is 0.299 e. The number of azo groups is 1. The number of aryl methyl sites for hydroxylation is 1. The lowest BCUT2D eigenvalue weighted by Gasteiger charge is -2.15. The Morgan fingerprint density at radius 1 is 1.21 bits per heavy atom. The SMILES string of the molecule is COc1ccc(-n2[nH]c(C)c(N=Nc3n[nH]c(C(C)(C)C)c3C#N)c2=O)cc1. The monoisotopic (exact) mass is 379 g/mol. The average Bonchev–Trinajstić information content (AvgIpc) is 3.20. The first-order valence-corrected chi connectivity index (χ1v) is 8.63. The van der Waals surface area contributed by atoms with Crippen LogP contribution < -0.4 is 10.3 Å². The van der Waals surface area contributed by atoms with Gasteiger partial charge in [0.2, 0.25) is 5.82 Å². The van der Waals surface area contributed by atoms with Gasteiger partial charge in [0, 0.05) is 5.41 Å². The van der Waals surface area contributed by atoms with Gasteiger partial charge in [-0.1, -0.05) is 20.8 Å². The molecule has 0 fully saturated rings. The van der Waals surface area contributed by atoms with Crippen molar-refractivity contribution in [1.82, 2.24) is 20.0 Å². The van der Waals surface area contributed by atoms with Crippen molar-refractivity contribution in [2.45, 2.75) is 33.1 Å². The number of aromatic nitrogens is 4. The molecule has 0 atom stereocenters. The van der Waals surface area contributed by atoms with Gasteiger partial charge in [-0.3, -0.25) is 15.0 Å². The van der Waals surface area contributed by atoms with Gasteiger partial charge >= 0.3 is 0 Å². The molecule has 2 N–H and O–H groups in total. The first-order chi connectivity index (χ1) is 13.3. The quantitative estimate of drug-likeness (QED) is 0.669. The number of hydrogen-bond acceptors (Lipinski definition) is 6. The number of aromatic amines is 2. The fourth-order valence-electron chi connectivity index (χ4n) is 2.72. The first-order valence-electron chi connectivity index (χ1n) is 8.63. The highest BCUT2D eigenvalue weighted by Crippen LogP contribution is 2.30. The molecular weight excluding hydrogens is 358 g/mol. The summed E-state index contributed by atoms with van der Waals surface area (Å²) in [7, 11) is 1.58. The van der Waals surface area contributed by atoms with Crippen molar-refractivity contribution in [3.63, 3.8) is 0 Å². The Morgan fingerprint density at radius 2 is 1.89 bits per heavy atom. The molecular formula is C19H21N7O2. The standard InChI is InChI=1S/C19H21N7O2/c1-11-15(18(27)26(25-11)12-6-8-13(28-5)9-7-12)21-23-17-14(10-20)16(22-24-17)19(2,3)4/h6-9,25H,1-5H3,(H,22,24). The van der Waals surface area contributed by atoms with Crippen molar-refractivity contribution in [2.75, 3.05) is 7.11 Å². The van der Waals surface area contributed by atoms with E-state index in [1.807, 2.05) is 20.8 Å². The maximum absolute atomic E-state index is 12.7. The van der Waals surface area contributed by atoms with E-state index in [1.54, 1.807) is 38.3 Å². The van der Waals surface area contributed by atoms with E-state index in [2.05, 4.69) is 31.6 Å². The van der Waals surface area contributed by atoms with E-state index in [-0.39, 0.29) is 22.5 Å². The van der Waals surface area contributed by atoms with Crippen molar-refractivity contribution in [3.8, 4) is 17.5 Å². The van der Waals surface area contributed by atoms with Gasteiger partial charge in [0.1, 0.15) is 17.4 Å². The molecule has 0 unspecified atom stereocenters. The van der Waals surface area contributed by atoms with E-state index in [0.717, 1.165) is 0 Å². The van der Waals surface area contributed by atoms with E-state index in [1.165, 1.54) is 4.68 Å². The number of methoxy groups -OCH3 is 1. The molecule has 0 aliphatic heterocycles. The second-order valence-corrected chi connectivity index (χ2v) is 7.28. The Morgan fingerprint density at radius 3 is 2.46 bits per heavy atom. The summed E-state index contributed by atoms with van der Waals surface area (Å²) < 4.78 is 6.51. The van der Waals surface area contributed by atoms with Crippen LogP contribution in [0.1, 0.15) is 37.7 Å². The largest absolute Gasteiger partial charge is 0.497 e. The molecule has 2 heterocycles. The van der Waals surface area contributed by atoms with Crippen LogP contribution in [0, 0.1) is 18.3 Å². The van der Waals surface area contributed by atoms with Gasteiger partial charge in [-0.2, -0.15) is 10.4 Å². The second-order valence-electron chi connectivity index (χ2n) is 7.28. The highest BCUT2D eigenvalue weighted by atomic mass is 16.5. The van der Waals surface area contributed by atoms with Crippen LogP contribution in [0.2, 0.25) is 0 Å². The molecule has 3 aromatic rings. The van der Waals surface area contributed by atoms with E-state index in [4.69, 9.17) is 4.74 Å². The minimum Gasteiger partial charge on any atom is -0.497 e. The van der Waals surface area contributed by atoms with Gasteiger partial charge in [0.15, 0.2) is 5.69 Å². The van der Waals surface area contributed by atoms with Crippen molar-refractivity contribution in [2.24, 2.45) is 10.2 Å². The van der Waals surface area contributed by atoms with Crippen LogP contribution in [-0.2, 0) is 5.41 Å². The Labute approximate surface area is 161 Å². The summed E-state index contributed by atoms with van der Waals surface area (Å²) in [5.41, 5.74) is 1.69. The van der Waals surface area contributed by atoms with Gasteiger partial charge in [-0.15, -0.1) is 10.2 Å². The molecule has 2 aromatic heterocycles. The molecule has 1 aromatic carbocycles. The normalized spacial score (nSPS) is 11.7. The summed E-state index contributed by atoms with van der Waals surface area (Å²) in [4.78, 5) is 12.7. The predicted octanol–water partition coefficient (Wildman–Crippen LogP) is 3.79. The zero-order chi connectivity index (χ0) is 20.5. The third-order valence-corrected chi connectivity index (χ3v) is 4.22. The molecule has 0 saturated carbocycles. The predicted molar refractivity (Wildman–Crippen MR) is 104 cm³/mol. The molecule has 0 radical (unpaired) electrons. The highest BCUT2D eigenvalue weighted by Gasteiger charge is 2.24. The number of H-pyrrole nitrogens is 2. The van der Waals surface area contributed by atoms with Crippen molar-refractivity contribution < 1.29 is 4.74 Å². The molecule has 9 heteroatoms. The zero-order valence-corrected chi connectivity index (χ0v) is 16.4. The summed E-state index contributed by atoms with van der Waals surface area (Å²) in [6.45, 7) is 7.62. The topological polar surface area (TPSA) is 124 Å². The molecule has 0 amide bonds. The Kier molecular flexibility index (Phi) is 4.88. The Hall–Kier alpha value is -3.67. The number of ether oxygens (including phenoxy) is 1. The molecule has 144 valence electrons. The lowest BCUT2D eigenvalue weighted by Crippen LogP contribution is -2.13. The van der Waals surface area contributed by atoms with Crippen LogP contribution in [0.4, 0.5) is 11.5 Å². The van der Waals surface area contributed by atoms with E-state index in [0.29, 0.717) is 28.4 Å². The third kappa shape index (κ3) is 3.44. The first kappa shape index (κ1) is 19.1. The third-order valence-electron chi connectivity index (χ3n) is 4.22. The number of benzene rings is 1. The van der Waals surface area contributed by atoms with Gasteiger partial charge in [0.25, 0.3) is 5.56 Å². The highest BCUT2D eigenvalue weighted by molar-refractivity contribution is 5.53. The van der Waals surface area contributed by atoms with Gasteiger partial charge in [0.05, 0.1) is 24.2 Å². The number of nitrogens with one attached hydrogen (secondary N) is 2. The van der Waals surface area contributed by atoms with Gasteiger partial charge in [-0.05, 0) is 31.2 Å². The Bertz CT molecular complexity index is 1120. The maximum Gasteiger partial charge on any atom is 0.299 e.